The minimum Gasteiger partial charge on any atom is -0.367 e. The van der Waals surface area contributed by atoms with Crippen LogP contribution in [-0.2, 0) is 11.3 Å². The van der Waals surface area contributed by atoms with Crippen molar-refractivity contribution in [2.45, 2.75) is 52.1 Å². The van der Waals surface area contributed by atoms with Crippen LogP contribution in [0.15, 0.2) is 6.33 Å². The fourth-order valence-corrected chi connectivity index (χ4v) is 1.88. The third kappa shape index (κ3) is 3.44. The molecule has 6 heteroatoms. The van der Waals surface area contributed by atoms with E-state index in [1.165, 1.54) is 11.0 Å². The highest BCUT2D eigenvalue weighted by atomic mass is 16.2. The maximum atomic E-state index is 11.9. The molecule has 3 N–H and O–H groups in total. The third-order valence-electron chi connectivity index (χ3n) is 3.29. The predicted octanol–water partition coefficient (Wildman–Crippen LogP) is 0.945. The summed E-state index contributed by atoms with van der Waals surface area (Å²) in [6.45, 7) is 6.41. The lowest BCUT2D eigenvalue weighted by atomic mass is 9.90. The highest BCUT2D eigenvalue weighted by Gasteiger charge is 2.25. The van der Waals surface area contributed by atoms with Crippen molar-refractivity contribution in [2.24, 2.45) is 0 Å². The van der Waals surface area contributed by atoms with Crippen LogP contribution in [0.5, 0.6) is 0 Å². The molecule has 0 aliphatic carbocycles. The molecule has 1 amide bonds. The van der Waals surface area contributed by atoms with E-state index in [0.29, 0.717) is 0 Å². The quantitative estimate of drug-likeness (QED) is 0.773. The fourth-order valence-electron chi connectivity index (χ4n) is 1.88. The van der Waals surface area contributed by atoms with Gasteiger partial charge in [-0.3, -0.25) is 4.79 Å². The Labute approximate surface area is 102 Å². The standard InChI is InChI=1S/C11H21N5O/c1-4-11(5-2,6-3)14-9(17)7-16-8-13-10(12)15-16/h8H,4-7H2,1-3H3,(H2,12,15)(H,14,17). The first-order valence-corrected chi connectivity index (χ1v) is 6.01. The van der Waals surface area contributed by atoms with Crippen molar-refractivity contribution >= 4 is 11.9 Å². The lowest BCUT2D eigenvalue weighted by Crippen LogP contribution is -2.48. The van der Waals surface area contributed by atoms with Crippen LogP contribution in [-0.4, -0.2) is 26.2 Å². The van der Waals surface area contributed by atoms with Crippen LogP contribution in [0.2, 0.25) is 0 Å². The van der Waals surface area contributed by atoms with Crippen molar-refractivity contribution < 1.29 is 4.79 Å². The number of anilines is 1. The normalized spacial score (nSPS) is 11.5. The van der Waals surface area contributed by atoms with E-state index in [1.54, 1.807) is 0 Å². The van der Waals surface area contributed by atoms with E-state index in [0.717, 1.165) is 19.3 Å². The Morgan fingerprint density at radius 1 is 1.41 bits per heavy atom. The van der Waals surface area contributed by atoms with Gasteiger partial charge in [-0.25, -0.2) is 9.67 Å². The van der Waals surface area contributed by atoms with Crippen molar-refractivity contribution in [2.75, 3.05) is 5.73 Å². The number of hydrogen-bond acceptors (Lipinski definition) is 4. The minimum atomic E-state index is -0.108. The molecule has 0 aromatic carbocycles. The fraction of sp³-hybridized carbons (Fsp3) is 0.727. The number of nitrogen functional groups attached to an aromatic ring is 1. The largest absolute Gasteiger partial charge is 0.367 e. The maximum absolute atomic E-state index is 11.9. The molecule has 0 bridgehead atoms. The molecule has 1 aromatic heterocycles. The van der Waals surface area contributed by atoms with Gasteiger partial charge in [-0.1, -0.05) is 20.8 Å². The number of amides is 1. The molecule has 1 rings (SSSR count). The Morgan fingerprint density at radius 3 is 2.41 bits per heavy atom. The Hall–Kier alpha value is -1.59. The summed E-state index contributed by atoms with van der Waals surface area (Å²) in [5.41, 5.74) is 5.28. The maximum Gasteiger partial charge on any atom is 0.242 e. The summed E-state index contributed by atoms with van der Waals surface area (Å²) in [4.78, 5) is 15.6. The van der Waals surface area contributed by atoms with E-state index in [4.69, 9.17) is 5.73 Å². The molecular formula is C11H21N5O. The Balaban J connectivity index is 2.59. The molecule has 0 saturated carbocycles. The monoisotopic (exact) mass is 239 g/mol. The lowest BCUT2D eigenvalue weighted by molar-refractivity contribution is -0.124. The molecule has 0 aliphatic heterocycles. The summed E-state index contributed by atoms with van der Waals surface area (Å²) in [5.74, 6) is 0.131. The Kier molecular flexibility index (Phi) is 4.48. The highest BCUT2D eigenvalue weighted by molar-refractivity contribution is 5.76. The summed E-state index contributed by atoms with van der Waals surface area (Å²) in [5, 5.41) is 6.95. The van der Waals surface area contributed by atoms with Gasteiger partial charge in [0.15, 0.2) is 0 Å². The zero-order valence-electron chi connectivity index (χ0n) is 10.7. The van der Waals surface area contributed by atoms with Gasteiger partial charge in [0.1, 0.15) is 12.9 Å². The molecule has 1 heterocycles. The van der Waals surface area contributed by atoms with Crippen molar-refractivity contribution in [1.29, 1.82) is 0 Å². The van der Waals surface area contributed by atoms with Crippen molar-refractivity contribution in [3.05, 3.63) is 6.33 Å². The van der Waals surface area contributed by atoms with Crippen LogP contribution in [0.4, 0.5) is 5.95 Å². The summed E-state index contributed by atoms with van der Waals surface area (Å²) < 4.78 is 1.44. The highest BCUT2D eigenvalue weighted by Crippen LogP contribution is 2.18. The molecule has 96 valence electrons. The molecule has 0 atom stereocenters. The molecule has 1 aromatic rings. The first kappa shape index (κ1) is 13.5. The second-order valence-electron chi connectivity index (χ2n) is 4.19. The van der Waals surface area contributed by atoms with Gasteiger partial charge in [0.2, 0.25) is 11.9 Å². The smallest absolute Gasteiger partial charge is 0.242 e. The first-order valence-electron chi connectivity index (χ1n) is 6.01. The zero-order chi connectivity index (χ0) is 12.9. The molecule has 0 aliphatic rings. The molecule has 17 heavy (non-hydrogen) atoms. The number of nitrogens with two attached hydrogens (primary N) is 1. The number of carbonyl (C=O) groups is 1. The molecule has 0 fully saturated rings. The van der Waals surface area contributed by atoms with Gasteiger partial charge in [-0.05, 0) is 19.3 Å². The first-order chi connectivity index (χ1) is 8.05. The van der Waals surface area contributed by atoms with Crippen LogP contribution >= 0.6 is 0 Å². The van der Waals surface area contributed by atoms with Crippen molar-refractivity contribution in [3.8, 4) is 0 Å². The van der Waals surface area contributed by atoms with E-state index in [1.807, 2.05) is 0 Å². The molecule has 0 unspecified atom stereocenters. The number of nitrogens with one attached hydrogen (secondary N) is 1. The Bertz CT molecular complexity index is 361. The zero-order valence-corrected chi connectivity index (χ0v) is 10.7. The van der Waals surface area contributed by atoms with Gasteiger partial charge >= 0.3 is 0 Å². The molecule has 0 spiro atoms. The second-order valence-corrected chi connectivity index (χ2v) is 4.19. The van der Waals surface area contributed by atoms with E-state index in [2.05, 4.69) is 36.2 Å². The van der Waals surface area contributed by atoms with E-state index in [9.17, 15) is 4.79 Å². The van der Waals surface area contributed by atoms with Gasteiger partial charge < -0.3 is 11.1 Å². The lowest BCUT2D eigenvalue weighted by Gasteiger charge is -2.31. The number of rotatable bonds is 6. The number of aromatic nitrogens is 3. The number of hydrogen-bond donors (Lipinski definition) is 2. The molecule has 0 saturated heterocycles. The molecular weight excluding hydrogens is 218 g/mol. The van der Waals surface area contributed by atoms with Gasteiger partial charge in [-0.15, -0.1) is 5.10 Å². The van der Waals surface area contributed by atoms with Crippen molar-refractivity contribution in [3.63, 3.8) is 0 Å². The van der Waals surface area contributed by atoms with Crippen LogP contribution < -0.4 is 11.1 Å². The van der Waals surface area contributed by atoms with Crippen LogP contribution in [0.25, 0.3) is 0 Å². The number of nitrogens with zero attached hydrogens (tertiary/aromatic N) is 3. The topological polar surface area (TPSA) is 85.8 Å². The molecule has 6 nitrogen and oxygen atoms in total. The second kappa shape index (κ2) is 5.65. The third-order valence-corrected chi connectivity index (χ3v) is 3.29. The van der Waals surface area contributed by atoms with E-state index in [-0.39, 0.29) is 23.9 Å². The van der Waals surface area contributed by atoms with Crippen molar-refractivity contribution in [1.82, 2.24) is 20.1 Å². The van der Waals surface area contributed by atoms with Gasteiger partial charge in [0.05, 0.1) is 0 Å². The van der Waals surface area contributed by atoms with E-state index >= 15 is 0 Å². The van der Waals surface area contributed by atoms with Crippen LogP contribution in [0.1, 0.15) is 40.0 Å². The molecule has 0 radical (unpaired) electrons. The van der Waals surface area contributed by atoms with Gasteiger partial charge in [-0.2, -0.15) is 0 Å². The van der Waals surface area contributed by atoms with Gasteiger partial charge in [0, 0.05) is 5.54 Å². The average Bonchev–Trinajstić information content (AvgIpc) is 2.72. The van der Waals surface area contributed by atoms with Crippen LogP contribution in [0.3, 0.4) is 0 Å². The minimum absolute atomic E-state index is 0.0551. The summed E-state index contributed by atoms with van der Waals surface area (Å²) in [6, 6.07) is 0. The average molecular weight is 239 g/mol. The van der Waals surface area contributed by atoms with Crippen LogP contribution in [0, 0.1) is 0 Å². The van der Waals surface area contributed by atoms with Gasteiger partial charge in [0.25, 0.3) is 0 Å². The predicted molar refractivity (Wildman–Crippen MR) is 66.2 cm³/mol. The SMILES string of the molecule is CCC(CC)(CC)NC(=O)Cn1cnc(N)n1. The summed E-state index contributed by atoms with van der Waals surface area (Å²) >= 11 is 0. The number of carbonyl (C=O) groups excluding carboxylic acids is 1. The summed E-state index contributed by atoms with van der Waals surface area (Å²) in [6.07, 6.45) is 4.22. The summed E-state index contributed by atoms with van der Waals surface area (Å²) in [7, 11) is 0. The van der Waals surface area contributed by atoms with E-state index < -0.39 is 0 Å². The Morgan fingerprint density at radius 2 is 2.00 bits per heavy atom.